The van der Waals surface area contributed by atoms with E-state index in [4.69, 9.17) is 19.0 Å². The van der Waals surface area contributed by atoms with Crippen molar-refractivity contribution in [2.75, 3.05) is 56.4 Å². The van der Waals surface area contributed by atoms with Crippen molar-refractivity contribution in [3.05, 3.63) is 60.3 Å². The highest BCUT2D eigenvalue weighted by Crippen LogP contribution is 2.39. The van der Waals surface area contributed by atoms with Crippen LogP contribution in [0.4, 0.5) is 28.8 Å². The molecule has 4 aromatic rings. The second kappa shape index (κ2) is 13.8. The molecule has 0 aliphatic carbocycles. The Bertz CT molecular complexity index is 1540. The maximum absolute atomic E-state index is 10.3. The average molecular weight is 620 g/mol. The van der Waals surface area contributed by atoms with Crippen molar-refractivity contribution in [2.24, 2.45) is 0 Å². The molecule has 236 valence electrons. The lowest BCUT2D eigenvalue weighted by Gasteiger charge is -2.40. The summed E-state index contributed by atoms with van der Waals surface area (Å²) in [5, 5.41) is 19.1. The number of nitrogens with zero attached hydrogens (tertiary/aromatic N) is 4. The molecule has 0 unspecified atom stereocenters. The van der Waals surface area contributed by atoms with Gasteiger partial charge in [-0.05, 0) is 81.6 Å². The topological polar surface area (TPSA) is 111 Å². The molecule has 2 aromatic carbocycles. The maximum atomic E-state index is 10.3. The number of fused-ring (bicyclic) bond motifs is 1. The lowest BCUT2D eigenvalue weighted by molar-refractivity contribution is 0.0275. The molecule has 10 nitrogen and oxygen atoms in total. The number of hydrogen-bond acceptors (Lipinski definition) is 9. The number of para-hydroxylation sites is 1. The fraction of sp³-hybridized carbons (Fsp3) is 0.455. The number of aromatic amines is 1. The summed E-state index contributed by atoms with van der Waals surface area (Å²) in [6.07, 6.45) is 4.02. The smallest absolute Gasteiger partial charge is 0.231 e. The van der Waals surface area contributed by atoms with Crippen molar-refractivity contribution in [3.8, 4) is 0 Å². The van der Waals surface area contributed by atoms with Gasteiger partial charge in [-0.25, -0.2) is 0 Å². The molecule has 0 atom stereocenters. The van der Waals surface area contributed by atoms with Crippen LogP contribution in [0.2, 0.25) is 0 Å². The van der Waals surface area contributed by atoms with Crippen molar-refractivity contribution in [1.29, 1.82) is 0 Å². The van der Waals surface area contributed by atoms with E-state index in [9.17, 15) is 5.11 Å². The highest BCUT2D eigenvalue weighted by molar-refractivity contribution is 7.56. The molecule has 3 heterocycles. The third-order valence-electron chi connectivity index (χ3n) is 8.07. The van der Waals surface area contributed by atoms with E-state index in [-0.39, 0.29) is 0 Å². The van der Waals surface area contributed by atoms with Crippen LogP contribution in [0, 0.1) is 0 Å². The van der Waals surface area contributed by atoms with Crippen LogP contribution in [-0.2, 0) is 9.05 Å². The van der Waals surface area contributed by atoms with Crippen LogP contribution >= 0.6 is 8.38 Å². The summed E-state index contributed by atoms with van der Waals surface area (Å²) < 4.78 is 11.2. The minimum Gasteiger partial charge on any atom is -0.389 e. The van der Waals surface area contributed by atoms with Gasteiger partial charge in [0, 0.05) is 57.5 Å². The number of benzene rings is 2. The van der Waals surface area contributed by atoms with Gasteiger partial charge in [0.05, 0.1) is 22.0 Å². The second-order valence-electron chi connectivity index (χ2n) is 12.4. The Kier molecular flexibility index (Phi) is 10.1. The molecule has 44 heavy (non-hydrogen) atoms. The molecule has 0 saturated carbocycles. The molecule has 0 bridgehead atoms. The zero-order valence-electron chi connectivity index (χ0n) is 26.9. The first kappa shape index (κ1) is 32.1. The van der Waals surface area contributed by atoms with Gasteiger partial charge in [0.2, 0.25) is 14.3 Å². The predicted octanol–water partition coefficient (Wildman–Crippen LogP) is 6.47. The Morgan fingerprint density at radius 1 is 1.07 bits per heavy atom. The van der Waals surface area contributed by atoms with E-state index in [1.807, 2.05) is 50.4 Å². The molecule has 2 aromatic heterocycles. The van der Waals surface area contributed by atoms with Crippen LogP contribution in [0.15, 0.2) is 54.7 Å². The van der Waals surface area contributed by atoms with E-state index in [1.54, 1.807) is 14.2 Å². The highest BCUT2D eigenvalue weighted by atomic mass is 31.2. The molecule has 1 fully saturated rings. The van der Waals surface area contributed by atoms with E-state index in [1.165, 1.54) is 11.3 Å². The zero-order chi connectivity index (χ0) is 31.4. The average Bonchev–Trinajstić information content (AvgIpc) is 3.47. The summed E-state index contributed by atoms with van der Waals surface area (Å²) in [7, 11) is 4.21. The SMILES string of the molecule is COP(OC)c1ccccc1Nc1nc(Nc2ccc(N3CCC(N(C)CC(C)(C)O)CC3)c(C(C)C)c2)nc2[nH]ccc12. The highest BCUT2D eigenvalue weighted by Gasteiger charge is 2.27. The van der Waals surface area contributed by atoms with E-state index in [2.05, 4.69) is 64.5 Å². The number of rotatable bonds is 12. The number of nitrogens with one attached hydrogen (secondary N) is 3. The van der Waals surface area contributed by atoms with E-state index >= 15 is 0 Å². The molecule has 5 rings (SSSR count). The number of anilines is 5. The number of hydrogen-bond donors (Lipinski definition) is 4. The van der Waals surface area contributed by atoms with E-state index in [0.29, 0.717) is 30.3 Å². The van der Waals surface area contributed by atoms with Crippen LogP contribution in [-0.4, -0.2) is 77.5 Å². The summed E-state index contributed by atoms with van der Waals surface area (Å²) >= 11 is 0. The molecule has 1 saturated heterocycles. The molecule has 4 N–H and O–H groups in total. The Morgan fingerprint density at radius 2 is 1.80 bits per heavy atom. The fourth-order valence-electron chi connectivity index (χ4n) is 6.03. The van der Waals surface area contributed by atoms with Gasteiger partial charge in [-0.2, -0.15) is 9.97 Å². The number of piperidine rings is 1. The quantitative estimate of drug-likeness (QED) is 0.133. The minimum absolute atomic E-state index is 0.347. The number of H-pyrrole nitrogens is 1. The van der Waals surface area contributed by atoms with Crippen molar-refractivity contribution in [2.45, 2.75) is 58.1 Å². The van der Waals surface area contributed by atoms with Gasteiger partial charge < -0.3 is 39.6 Å². The molecule has 0 amide bonds. The molecule has 1 aliphatic rings. The zero-order valence-corrected chi connectivity index (χ0v) is 27.8. The third-order valence-corrected chi connectivity index (χ3v) is 9.52. The summed E-state index contributed by atoms with van der Waals surface area (Å²) in [6.45, 7) is 10.9. The molecular weight excluding hydrogens is 573 g/mol. The van der Waals surface area contributed by atoms with Gasteiger partial charge >= 0.3 is 0 Å². The van der Waals surface area contributed by atoms with Crippen LogP contribution in [0.3, 0.4) is 0 Å². The number of likely N-dealkylation sites (N-methyl/N-ethyl adjacent to an activating group) is 1. The maximum Gasteiger partial charge on any atom is 0.231 e. The monoisotopic (exact) mass is 619 g/mol. The number of aromatic nitrogens is 3. The minimum atomic E-state index is -1.22. The molecule has 0 radical (unpaired) electrons. The van der Waals surface area contributed by atoms with Crippen LogP contribution in [0.5, 0.6) is 0 Å². The van der Waals surface area contributed by atoms with Gasteiger partial charge in [-0.15, -0.1) is 0 Å². The van der Waals surface area contributed by atoms with Crippen LogP contribution in [0.25, 0.3) is 11.0 Å². The third kappa shape index (κ3) is 7.50. The Balaban J connectivity index is 1.36. The number of aliphatic hydroxyl groups is 1. The fourth-order valence-corrected chi connectivity index (χ4v) is 7.11. The van der Waals surface area contributed by atoms with Gasteiger partial charge in [-0.1, -0.05) is 26.0 Å². The molecular formula is C33H46N7O3P. The predicted molar refractivity (Wildman–Crippen MR) is 182 cm³/mol. The Labute approximate surface area is 262 Å². The molecule has 11 heteroatoms. The van der Waals surface area contributed by atoms with E-state index in [0.717, 1.165) is 53.6 Å². The summed E-state index contributed by atoms with van der Waals surface area (Å²) in [6, 6.07) is 17.0. The Morgan fingerprint density at radius 3 is 2.48 bits per heavy atom. The van der Waals surface area contributed by atoms with Crippen LogP contribution < -0.4 is 20.8 Å². The molecule has 0 spiro atoms. The first-order valence-electron chi connectivity index (χ1n) is 15.2. The Hall–Kier alpha value is -3.27. The summed E-state index contributed by atoms with van der Waals surface area (Å²) in [5.74, 6) is 1.53. The van der Waals surface area contributed by atoms with Crippen molar-refractivity contribution in [3.63, 3.8) is 0 Å². The van der Waals surface area contributed by atoms with Crippen LogP contribution in [0.1, 0.15) is 52.0 Å². The van der Waals surface area contributed by atoms with E-state index < -0.39 is 14.0 Å². The summed E-state index contributed by atoms with van der Waals surface area (Å²) in [5.41, 5.74) is 4.43. The van der Waals surface area contributed by atoms with Crippen molar-refractivity contribution >= 4 is 53.5 Å². The standard InChI is InChI=1S/C33H46N7O3P/c1-22(2)26-20-23(12-13-28(26)40-18-15-24(16-19-40)39(5)21-33(3,4)41)35-32-37-30-25(14-17-34-30)31(38-32)36-27-10-8-9-11-29(27)44(42-6)43-7/h8-14,17,20,22,24,41H,15-16,18-19,21H2,1-7H3,(H3,34,35,36,37,38). The van der Waals surface area contributed by atoms with Gasteiger partial charge in [-0.3, -0.25) is 0 Å². The first-order valence-corrected chi connectivity index (χ1v) is 16.4. The summed E-state index contributed by atoms with van der Waals surface area (Å²) in [4.78, 5) is 17.7. The normalized spacial score (nSPS) is 14.8. The first-order chi connectivity index (χ1) is 21.1. The second-order valence-corrected chi connectivity index (χ2v) is 14.1. The molecule has 1 aliphatic heterocycles. The largest absolute Gasteiger partial charge is 0.389 e. The lowest BCUT2D eigenvalue weighted by Crippen LogP contribution is -2.47. The van der Waals surface area contributed by atoms with Crippen molar-refractivity contribution < 1.29 is 14.2 Å². The lowest BCUT2D eigenvalue weighted by atomic mass is 9.96. The van der Waals surface area contributed by atoms with Gasteiger partial charge in [0.1, 0.15) is 11.5 Å². The van der Waals surface area contributed by atoms with Crippen molar-refractivity contribution in [1.82, 2.24) is 19.9 Å². The van der Waals surface area contributed by atoms with Gasteiger partial charge in [0.15, 0.2) is 0 Å². The van der Waals surface area contributed by atoms with Gasteiger partial charge in [0.25, 0.3) is 0 Å².